The molecule has 2 aromatic rings. The van der Waals surface area contributed by atoms with Crippen LogP contribution in [0.4, 0.5) is 15.8 Å². The van der Waals surface area contributed by atoms with Crippen molar-refractivity contribution in [1.29, 1.82) is 0 Å². The Balaban J connectivity index is 2.33. The van der Waals surface area contributed by atoms with Crippen LogP contribution in [0, 0.1) is 12.7 Å². The number of anilines is 2. The van der Waals surface area contributed by atoms with E-state index in [1.165, 1.54) is 18.3 Å². The van der Waals surface area contributed by atoms with Crippen LogP contribution in [0.1, 0.15) is 15.9 Å². The topological polar surface area (TPSA) is 68.0 Å². The highest BCUT2D eigenvalue weighted by atomic mass is 35.5. The van der Waals surface area contributed by atoms with Gasteiger partial charge in [-0.3, -0.25) is 4.79 Å². The van der Waals surface area contributed by atoms with Crippen LogP contribution in [0.15, 0.2) is 30.5 Å². The molecule has 0 aliphatic heterocycles. The van der Waals surface area contributed by atoms with Crippen LogP contribution in [0.2, 0.25) is 5.15 Å². The van der Waals surface area contributed by atoms with Gasteiger partial charge in [0.1, 0.15) is 5.82 Å². The van der Waals surface area contributed by atoms with Gasteiger partial charge in [0.05, 0.1) is 11.3 Å². The summed E-state index contributed by atoms with van der Waals surface area (Å²) >= 11 is 5.81. The molecule has 0 saturated heterocycles. The highest BCUT2D eigenvalue weighted by Crippen LogP contribution is 2.21. The molecule has 0 spiro atoms. The molecule has 0 atom stereocenters. The van der Waals surface area contributed by atoms with E-state index in [0.717, 1.165) is 0 Å². The molecule has 4 nitrogen and oxygen atoms in total. The summed E-state index contributed by atoms with van der Waals surface area (Å²) in [6.07, 6.45) is 1.49. The molecule has 3 N–H and O–H groups in total. The molecule has 0 radical (unpaired) electrons. The molecule has 0 unspecified atom stereocenters. The summed E-state index contributed by atoms with van der Waals surface area (Å²) in [4.78, 5) is 15.8. The predicted molar refractivity (Wildman–Crippen MR) is 72.7 cm³/mol. The number of nitrogens with zero attached hydrogens (tertiary/aromatic N) is 1. The standard InChI is InChI=1S/C13H11ClFN3O/c1-7-5-8(16)6-9(11(7)15)13(19)18-10-3-2-4-17-12(10)14/h2-6H,16H2,1H3,(H,18,19). The number of nitrogens with two attached hydrogens (primary N) is 1. The van der Waals surface area contributed by atoms with Crippen molar-refractivity contribution in [2.75, 3.05) is 11.1 Å². The van der Waals surface area contributed by atoms with Crippen molar-refractivity contribution in [3.63, 3.8) is 0 Å². The zero-order chi connectivity index (χ0) is 14.0. The number of nitrogens with one attached hydrogen (secondary N) is 1. The number of hydrogen-bond donors (Lipinski definition) is 2. The summed E-state index contributed by atoms with van der Waals surface area (Å²) in [5.74, 6) is -1.23. The zero-order valence-corrected chi connectivity index (χ0v) is 10.8. The van der Waals surface area contributed by atoms with Gasteiger partial charge in [0.2, 0.25) is 0 Å². The minimum atomic E-state index is -0.622. The fraction of sp³-hybridized carbons (Fsp3) is 0.0769. The van der Waals surface area contributed by atoms with Crippen LogP contribution in [-0.2, 0) is 0 Å². The Labute approximate surface area is 114 Å². The van der Waals surface area contributed by atoms with E-state index >= 15 is 0 Å². The maximum absolute atomic E-state index is 13.9. The first-order valence-corrected chi connectivity index (χ1v) is 5.84. The Morgan fingerprint density at radius 3 is 2.89 bits per heavy atom. The summed E-state index contributed by atoms with van der Waals surface area (Å²) < 4.78 is 13.9. The van der Waals surface area contributed by atoms with Crippen molar-refractivity contribution in [2.45, 2.75) is 6.92 Å². The summed E-state index contributed by atoms with van der Waals surface area (Å²) in [5, 5.41) is 2.63. The van der Waals surface area contributed by atoms with Crippen molar-refractivity contribution >= 4 is 28.9 Å². The lowest BCUT2D eigenvalue weighted by Crippen LogP contribution is -2.15. The molecule has 2 rings (SSSR count). The molecule has 1 amide bonds. The van der Waals surface area contributed by atoms with Gasteiger partial charge in [-0.2, -0.15) is 0 Å². The molecular weight excluding hydrogens is 269 g/mol. The van der Waals surface area contributed by atoms with E-state index < -0.39 is 11.7 Å². The Morgan fingerprint density at radius 1 is 1.47 bits per heavy atom. The van der Waals surface area contributed by atoms with Gasteiger partial charge in [-0.1, -0.05) is 11.6 Å². The number of benzene rings is 1. The first kappa shape index (κ1) is 13.3. The van der Waals surface area contributed by atoms with Gasteiger partial charge in [0, 0.05) is 11.9 Å². The van der Waals surface area contributed by atoms with Crippen molar-refractivity contribution in [1.82, 2.24) is 4.98 Å². The number of carbonyl (C=O) groups excluding carboxylic acids is 1. The third kappa shape index (κ3) is 2.82. The Kier molecular flexibility index (Phi) is 3.66. The molecule has 0 saturated carbocycles. The summed E-state index contributed by atoms with van der Waals surface area (Å²) in [6, 6.07) is 5.93. The largest absolute Gasteiger partial charge is 0.399 e. The van der Waals surface area contributed by atoms with Crippen LogP contribution in [0.25, 0.3) is 0 Å². The van der Waals surface area contributed by atoms with Crippen LogP contribution < -0.4 is 11.1 Å². The van der Waals surface area contributed by atoms with Gasteiger partial charge in [0.15, 0.2) is 5.15 Å². The fourth-order valence-corrected chi connectivity index (χ4v) is 1.80. The molecule has 98 valence electrons. The van der Waals surface area contributed by atoms with Gasteiger partial charge < -0.3 is 11.1 Å². The summed E-state index contributed by atoms with van der Waals surface area (Å²) in [6.45, 7) is 1.54. The SMILES string of the molecule is Cc1cc(N)cc(C(=O)Nc2cccnc2Cl)c1F. The normalized spacial score (nSPS) is 10.3. The van der Waals surface area contributed by atoms with Gasteiger partial charge in [-0.15, -0.1) is 0 Å². The van der Waals surface area contributed by atoms with Crippen LogP contribution in [0.5, 0.6) is 0 Å². The van der Waals surface area contributed by atoms with E-state index in [4.69, 9.17) is 17.3 Å². The van der Waals surface area contributed by atoms with Crippen molar-refractivity contribution in [3.8, 4) is 0 Å². The Morgan fingerprint density at radius 2 is 2.21 bits per heavy atom. The second kappa shape index (κ2) is 5.24. The van der Waals surface area contributed by atoms with Gasteiger partial charge in [0.25, 0.3) is 5.91 Å². The molecule has 19 heavy (non-hydrogen) atoms. The monoisotopic (exact) mass is 279 g/mol. The summed E-state index contributed by atoms with van der Waals surface area (Å²) in [7, 11) is 0. The number of pyridine rings is 1. The molecule has 1 aromatic carbocycles. The number of aromatic nitrogens is 1. The highest BCUT2D eigenvalue weighted by Gasteiger charge is 2.16. The van der Waals surface area contributed by atoms with Crippen molar-refractivity contribution in [3.05, 3.63) is 52.6 Å². The lowest BCUT2D eigenvalue weighted by molar-refractivity contribution is 0.102. The van der Waals surface area contributed by atoms with Crippen LogP contribution in [0.3, 0.4) is 0 Å². The second-order valence-corrected chi connectivity index (χ2v) is 4.35. The molecule has 1 aromatic heterocycles. The smallest absolute Gasteiger partial charge is 0.258 e. The number of aryl methyl sites for hydroxylation is 1. The Bertz CT molecular complexity index is 646. The molecule has 0 bridgehead atoms. The summed E-state index contributed by atoms with van der Waals surface area (Å²) in [5.41, 5.74) is 6.42. The van der Waals surface area contributed by atoms with E-state index in [1.54, 1.807) is 19.1 Å². The second-order valence-electron chi connectivity index (χ2n) is 4.00. The van der Waals surface area contributed by atoms with E-state index in [1.807, 2.05) is 0 Å². The van der Waals surface area contributed by atoms with E-state index in [2.05, 4.69) is 10.3 Å². The van der Waals surface area contributed by atoms with E-state index in [9.17, 15) is 9.18 Å². The van der Waals surface area contributed by atoms with Crippen molar-refractivity contribution < 1.29 is 9.18 Å². The molecule has 0 aliphatic carbocycles. The average Bonchev–Trinajstić information content (AvgIpc) is 2.36. The molecule has 0 fully saturated rings. The minimum Gasteiger partial charge on any atom is -0.399 e. The maximum Gasteiger partial charge on any atom is 0.258 e. The van der Waals surface area contributed by atoms with Gasteiger partial charge in [-0.25, -0.2) is 9.37 Å². The number of nitrogen functional groups attached to an aromatic ring is 1. The van der Waals surface area contributed by atoms with Crippen LogP contribution in [-0.4, -0.2) is 10.9 Å². The first-order valence-electron chi connectivity index (χ1n) is 5.46. The van der Waals surface area contributed by atoms with Crippen molar-refractivity contribution in [2.24, 2.45) is 0 Å². The number of amides is 1. The average molecular weight is 280 g/mol. The number of rotatable bonds is 2. The third-order valence-corrected chi connectivity index (χ3v) is 2.83. The van der Waals surface area contributed by atoms with Gasteiger partial charge >= 0.3 is 0 Å². The Hall–Kier alpha value is -2.14. The quantitative estimate of drug-likeness (QED) is 0.656. The van der Waals surface area contributed by atoms with E-state index in [0.29, 0.717) is 16.9 Å². The van der Waals surface area contributed by atoms with Crippen LogP contribution >= 0.6 is 11.6 Å². The fourth-order valence-electron chi connectivity index (χ4n) is 1.63. The molecule has 6 heteroatoms. The van der Waals surface area contributed by atoms with E-state index in [-0.39, 0.29) is 10.7 Å². The maximum atomic E-state index is 13.9. The zero-order valence-electron chi connectivity index (χ0n) is 10.1. The first-order chi connectivity index (χ1) is 8.99. The lowest BCUT2D eigenvalue weighted by Gasteiger charge is -2.09. The minimum absolute atomic E-state index is 0.127. The number of halogens is 2. The number of hydrogen-bond acceptors (Lipinski definition) is 3. The third-order valence-electron chi connectivity index (χ3n) is 2.53. The number of carbonyl (C=O) groups is 1. The highest BCUT2D eigenvalue weighted by molar-refractivity contribution is 6.32. The van der Waals surface area contributed by atoms with Gasteiger partial charge in [-0.05, 0) is 36.8 Å². The predicted octanol–water partition coefficient (Wildman–Crippen LogP) is 3.02. The molecular formula is C13H11ClFN3O. The molecule has 1 heterocycles. The lowest BCUT2D eigenvalue weighted by atomic mass is 10.1. The molecule has 0 aliphatic rings.